The maximum Gasteiger partial charge on any atom is 0.324 e. The summed E-state index contributed by atoms with van der Waals surface area (Å²) < 4.78 is 5.85. The van der Waals surface area contributed by atoms with Crippen molar-refractivity contribution in [3.63, 3.8) is 0 Å². The molecule has 19 heavy (non-hydrogen) atoms. The molecule has 0 radical (unpaired) electrons. The van der Waals surface area contributed by atoms with Crippen molar-refractivity contribution in [2.45, 2.75) is 64.8 Å². The number of morpholine rings is 1. The number of carboxylic acid groups (broad SMARTS) is 1. The van der Waals surface area contributed by atoms with E-state index in [0.29, 0.717) is 6.54 Å². The molecule has 0 aromatic carbocycles. The lowest BCUT2D eigenvalue weighted by atomic mass is 9.97. The molecular formula is C14H28N2O3. The van der Waals surface area contributed by atoms with Gasteiger partial charge in [-0.1, -0.05) is 0 Å². The SMILES string of the molecule is CC(C)NC(C)(CN1CC(C)OC(C)(C)C1)C(=O)O. The van der Waals surface area contributed by atoms with E-state index >= 15 is 0 Å². The fourth-order valence-corrected chi connectivity index (χ4v) is 2.97. The molecule has 1 fully saturated rings. The molecule has 2 atom stereocenters. The van der Waals surface area contributed by atoms with Gasteiger partial charge in [-0.3, -0.25) is 15.0 Å². The zero-order chi connectivity index (χ0) is 14.8. The summed E-state index contributed by atoms with van der Waals surface area (Å²) in [6.45, 7) is 13.8. The molecule has 0 aliphatic carbocycles. The van der Waals surface area contributed by atoms with E-state index in [1.165, 1.54) is 0 Å². The fourth-order valence-electron chi connectivity index (χ4n) is 2.97. The maximum atomic E-state index is 11.6. The molecule has 0 saturated carbocycles. The van der Waals surface area contributed by atoms with Gasteiger partial charge in [0.25, 0.3) is 0 Å². The van der Waals surface area contributed by atoms with Crippen LogP contribution in [0.1, 0.15) is 41.5 Å². The smallest absolute Gasteiger partial charge is 0.324 e. The molecule has 1 heterocycles. The van der Waals surface area contributed by atoms with Crippen LogP contribution in [0.25, 0.3) is 0 Å². The molecule has 1 saturated heterocycles. The first-order valence-electron chi connectivity index (χ1n) is 6.95. The second-order valence-electron chi connectivity index (χ2n) is 6.79. The summed E-state index contributed by atoms with van der Waals surface area (Å²) in [4.78, 5) is 13.7. The summed E-state index contributed by atoms with van der Waals surface area (Å²) in [5, 5.41) is 12.7. The normalized spacial score (nSPS) is 27.2. The minimum absolute atomic E-state index is 0.126. The van der Waals surface area contributed by atoms with Crippen LogP contribution in [0.4, 0.5) is 0 Å². The summed E-state index contributed by atoms with van der Waals surface area (Å²) in [5.74, 6) is -0.807. The van der Waals surface area contributed by atoms with Gasteiger partial charge in [0.05, 0.1) is 11.7 Å². The molecule has 5 nitrogen and oxygen atoms in total. The van der Waals surface area contributed by atoms with Gasteiger partial charge in [0, 0.05) is 25.7 Å². The number of ether oxygens (including phenoxy) is 1. The number of carboxylic acids is 1. The van der Waals surface area contributed by atoms with Crippen molar-refractivity contribution >= 4 is 5.97 Å². The number of rotatable bonds is 5. The van der Waals surface area contributed by atoms with E-state index in [1.54, 1.807) is 6.92 Å². The number of aliphatic carboxylic acids is 1. The summed E-state index contributed by atoms with van der Waals surface area (Å²) in [6, 6.07) is 0.132. The van der Waals surface area contributed by atoms with Crippen molar-refractivity contribution in [3.05, 3.63) is 0 Å². The van der Waals surface area contributed by atoms with Crippen LogP contribution in [-0.2, 0) is 9.53 Å². The standard InChI is InChI=1S/C14H28N2O3/c1-10(2)15-14(6,12(17)18)9-16-7-11(3)19-13(4,5)8-16/h10-11,15H,7-9H2,1-6H3,(H,17,18). The highest BCUT2D eigenvalue weighted by Gasteiger charge is 2.39. The average Bonchev–Trinajstić information content (AvgIpc) is 2.11. The fraction of sp³-hybridized carbons (Fsp3) is 0.929. The van der Waals surface area contributed by atoms with E-state index in [2.05, 4.69) is 10.2 Å². The predicted molar refractivity (Wildman–Crippen MR) is 75.4 cm³/mol. The molecule has 1 rings (SSSR count). The van der Waals surface area contributed by atoms with Crippen LogP contribution in [-0.4, -0.2) is 58.9 Å². The van der Waals surface area contributed by atoms with Crippen LogP contribution >= 0.6 is 0 Å². The largest absolute Gasteiger partial charge is 0.480 e. The van der Waals surface area contributed by atoms with Crippen molar-refractivity contribution < 1.29 is 14.6 Å². The third kappa shape index (κ3) is 4.75. The summed E-state index contributed by atoms with van der Waals surface area (Å²) >= 11 is 0. The van der Waals surface area contributed by atoms with Gasteiger partial charge in [-0.25, -0.2) is 0 Å². The van der Waals surface area contributed by atoms with E-state index in [4.69, 9.17) is 4.74 Å². The number of nitrogens with zero attached hydrogens (tertiary/aromatic N) is 1. The third-order valence-electron chi connectivity index (χ3n) is 3.26. The number of carbonyl (C=O) groups is 1. The Morgan fingerprint density at radius 1 is 1.58 bits per heavy atom. The third-order valence-corrected chi connectivity index (χ3v) is 3.26. The lowest BCUT2D eigenvalue weighted by molar-refractivity contribution is -0.152. The van der Waals surface area contributed by atoms with Gasteiger partial charge in [-0.2, -0.15) is 0 Å². The van der Waals surface area contributed by atoms with Crippen molar-refractivity contribution in [1.82, 2.24) is 10.2 Å². The minimum atomic E-state index is -0.929. The first-order chi connectivity index (χ1) is 8.54. The van der Waals surface area contributed by atoms with Gasteiger partial charge in [-0.15, -0.1) is 0 Å². The van der Waals surface area contributed by atoms with E-state index in [-0.39, 0.29) is 17.7 Å². The van der Waals surface area contributed by atoms with E-state index in [1.807, 2.05) is 34.6 Å². The molecule has 0 aromatic heterocycles. The van der Waals surface area contributed by atoms with Crippen molar-refractivity contribution in [3.8, 4) is 0 Å². The predicted octanol–water partition coefficient (Wildman–Crippen LogP) is 1.33. The Morgan fingerprint density at radius 2 is 2.16 bits per heavy atom. The summed E-state index contributed by atoms with van der Waals surface area (Å²) in [6.07, 6.45) is 0.126. The molecule has 5 heteroatoms. The highest BCUT2D eigenvalue weighted by atomic mass is 16.5. The minimum Gasteiger partial charge on any atom is -0.480 e. The van der Waals surface area contributed by atoms with Crippen LogP contribution in [0, 0.1) is 0 Å². The van der Waals surface area contributed by atoms with Gasteiger partial charge < -0.3 is 9.84 Å². The molecule has 112 valence electrons. The molecule has 1 aliphatic heterocycles. The highest BCUT2D eigenvalue weighted by Crippen LogP contribution is 2.22. The van der Waals surface area contributed by atoms with Gasteiger partial charge in [0.2, 0.25) is 0 Å². The Balaban J connectivity index is 2.76. The Hall–Kier alpha value is -0.650. The van der Waals surface area contributed by atoms with Crippen LogP contribution in [0.2, 0.25) is 0 Å². The van der Waals surface area contributed by atoms with E-state index in [0.717, 1.165) is 13.1 Å². The van der Waals surface area contributed by atoms with Gasteiger partial charge >= 0.3 is 5.97 Å². The molecule has 0 aromatic rings. The molecule has 2 N–H and O–H groups in total. The number of hydrogen-bond donors (Lipinski definition) is 2. The van der Waals surface area contributed by atoms with Crippen molar-refractivity contribution in [2.24, 2.45) is 0 Å². The molecule has 0 bridgehead atoms. The lowest BCUT2D eigenvalue weighted by Gasteiger charge is -2.44. The van der Waals surface area contributed by atoms with Crippen LogP contribution in [0.3, 0.4) is 0 Å². The molecule has 1 aliphatic rings. The van der Waals surface area contributed by atoms with Gasteiger partial charge in [0.15, 0.2) is 0 Å². The number of nitrogens with one attached hydrogen (secondary N) is 1. The van der Waals surface area contributed by atoms with Crippen molar-refractivity contribution in [1.29, 1.82) is 0 Å². The quantitative estimate of drug-likeness (QED) is 0.790. The van der Waals surface area contributed by atoms with Crippen LogP contribution < -0.4 is 5.32 Å². The lowest BCUT2D eigenvalue weighted by Crippen LogP contribution is -2.62. The Morgan fingerprint density at radius 3 is 2.58 bits per heavy atom. The summed E-state index contributed by atoms with van der Waals surface area (Å²) in [5.41, 5.74) is -1.16. The zero-order valence-corrected chi connectivity index (χ0v) is 13.0. The molecule has 0 amide bonds. The second kappa shape index (κ2) is 5.77. The number of hydrogen-bond acceptors (Lipinski definition) is 4. The maximum absolute atomic E-state index is 11.6. The van der Waals surface area contributed by atoms with E-state index < -0.39 is 11.5 Å². The second-order valence-corrected chi connectivity index (χ2v) is 6.79. The topological polar surface area (TPSA) is 61.8 Å². The Kier molecular flexibility index (Phi) is 4.98. The molecular weight excluding hydrogens is 244 g/mol. The Bertz CT molecular complexity index is 331. The first kappa shape index (κ1) is 16.4. The van der Waals surface area contributed by atoms with Gasteiger partial charge in [-0.05, 0) is 41.5 Å². The highest BCUT2D eigenvalue weighted by molar-refractivity contribution is 5.78. The van der Waals surface area contributed by atoms with Crippen LogP contribution in [0.15, 0.2) is 0 Å². The van der Waals surface area contributed by atoms with E-state index in [9.17, 15) is 9.90 Å². The zero-order valence-electron chi connectivity index (χ0n) is 13.0. The van der Waals surface area contributed by atoms with Crippen LogP contribution in [0.5, 0.6) is 0 Å². The average molecular weight is 272 g/mol. The molecule has 0 spiro atoms. The Labute approximate surface area is 116 Å². The summed E-state index contributed by atoms with van der Waals surface area (Å²) in [7, 11) is 0. The van der Waals surface area contributed by atoms with Gasteiger partial charge in [0.1, 0.15) is 5.54 Å². The van der Waals surface area contributed by atoms with Crippen molar-refractivity contribution in [2.75, 3.05) is 19.6 Å². The first-order valence-corrected chi connectivity index (χ1v) is 6.95. The molecule has 2 unspecified atom stereocenters. The monoisotopic (exact) mass is 272 g/mol.